The van der Waals surface area contributed by atoms with Crippen LogP contribution in [0, 0.1) is 12.3 Å². The van der Waals surface area contributed by atoms with E-state index in [2.05, 4.69) is 66.8 Å². The Labute approximate surface area is 222 Å². The molecule has 0 atom stereocenters. The SMILES string of the molecule is CCc1cccc(CC)c1-n1nc2c(c1-c1ccc(C)c3[nH]ccc13)CN(CC(C)(C)C(F)(F)F)C2(C)C. The lowest BCUT2D eigenvalue weighted by molar-refractivity contribution is -0.220. The van der Waals surface area contributed by atoms with Crippen molar-refractivity contribution in [3.63, 3.8) is 0 Å². The Kier molecular flexibility index (Phi) is 6.29. The Hall–Kier alpha value is -3.06. The van der Waals surface area contributed by atoms with E-state index < -0.39 is 17.1 Å². The van der Waals surface area contributed by atoms with Crippen LogP contribution in [0.25, 0.3) is 27.8 Å². The summed E-state index contributed by atoms with van der Waals surface area (Å²) < 4.78 is 43.8. The van der Waals surface area contributed by atoms with Crippen LogP contribution >= 0.6 is 0 Å². The lowest BCUT2D eigenvalue weighted by Gasteiger charge is -2.39. The molecule has 2 aromatic heterocycles. The molecule has 38 heavy (non-hydrogen) atoms. The van der Waals surface area contributed by atoms with E-state index in [9.17, 15) is 13.2 Å². The van der Waals surface area contributed by atoms with Gasteiger partial charge in [0.15, 0.2) is 0 Å². The fourth-order valence-electron chi connectivity index (χ4n) is 5.88. The lowest BCUT2D eigenvalue weighted by Crippen LogP contribution is -2.47. The number of alkyl halides is 3. The topological polar surface area (TPSA) is 36.9 Å². The van der Waals surface area contributed by atoms with Crippen LogP contribution in [0.4, 0.5) is 13.2 Å². The molecule has 0 unspecified atom stereocenters. The number of hydrogen-bond donors (Lipinski definition) is 1. The average molecular weight is 523 g/mol. The Morgan fingerprint density at radius 2 is 1.66 bits per heavy atom. The van der Waals surface area contributed by atoms with Gasteiger partial charge in [0.25, 0.3) is 0 Å². The summed E-state index contributed by atoms with van der Waals surface area (Å²) in [7, 11) is 0. The summed E-state index contributed by atoms with van der Waals surface area (Å²) in [6, 6.07) is 12.7. The van der Waals surface area contributed by atoms with Gasteiger partial charge < -0.3 is 4.98 Å². The van der Waals surface area contributed by atoms with Gasteiger partial charge in [-0.2, -0.15) is 18.3 Å². The van der Waals surface area contributed by atoms with Crippen LogP contribution in [-0.2, 0) is 24.9 Å². The molecule has 0 fully saturated rings. The summed E-state index contributed by atoms with van der Waals surface area (Å²) in [6.07, 6.45) is -0.635. The Bertz CT molecular complexity index is 1480. The molecule has 5 rings (SSSR count). The minimum atomic E-state index is -4.30. The standard InChI is InChI=1S/C31H37F3N4/c1-8-20-11-10-12-21(9-2)26(20)38-27(23-14-13-19(3)25-22(23)15-16-35-25)24-17-37(30(6,7)28(24)36-38)18-29(4,5)31(32,33)34/h10-16,35H,8-9,17-18H2,1-7H3. The summed E-state index contributed by atoms with van der Waals surface area (Å²) in [5, 5.41) is 6.34. The average Bonchev–Trinajstić information content (AvgIpc) is 3.54. The minimum Gasteiger partial charge on any atom is -0.361 e. The maximum Gasteiger partial charge on any atom is 0.395 e. The van der Waals surface area contributed by atoms with Crippen molar-refractivity contribution >= 4 is 10.9 Å². The van der Waals surface area contributed by atoms with Gasteiger partial charge in [-0.15, -0.1) is 0 Å². The largest absolute Gasteiger partial charge is 0.395 e. The molecule has 3 heterocycles. The number of rotatable bonds is 6. The van der Waals surface area contributed by atoms with Crippen molar-refractivity contribution in [1.82, 2.24) is 19.7 Å². The number of benzene rings is 2. The number of nitrogens with one attached hydrogen (secondary N) is 1. The number of halogens is 3. The number of para-hydroxylation sites is 1. The van der Waals surface area contributed by atoms with E-state index in [0.29, 0.717) is 6.54 Å². The number of nitrogens with zero attached hydrogens (tertiary/aromatic N) is 3. The first-order valence-electron chi connectivity index (χ1n) is 13.4. The van der Waals surface area contributed by atoms with E-state index in [-0.39, 0.29) is 6.54 Å². The molecule has 7 heteroatoms. The maximum absolute atomic E-state index is 13.9. The lowest BCUT2D eigenvalue weighted by atomic mass is 9.90. The first-order chi connectivity index (χ1) is 17.8. The molecule has 4 nitrogen and oxygen atoms in total. The number of hydrogen-bond acceptors (Lipinski definition) is 2. The van der Waals surface area contributed by atoms with Crippen LogP contribution in [0.5, 0.6) is 0 Å². The highest BCUT2D eigenvalue weighted by molar-refractivity contribution is 5.97. The van der Waals surface area contributed by atoms with Crippen molar-refractivity contribution < 1.29 is 13.2 Å². The van der Waals surface area contributed by atoms with E-state index in [0.717, 1.165) is 57.5 Å². The molecule has 0 aliphatic carbocycles. The first-order valence-corrected chi connectivity index (χ1v) is 13.4. The van der Waals surface area contributed by atoms with Crippen LogP contribution in [0.1, 0.15) is 69.5 Å². The van der Waals surface area contributed by atoms with Crippen molar-refractivity contribution in [2.24, 2.45) is 5.41 Å². The molecule has 0 saturated heterocycles. The fraction of sp³-hybridized carbons (Fsp3) is 0.452. The zero-order valence-corrected chi connectivity index (χ0v) is 23.3. The third-order valence-corrected chi connectivity index (χ3v) is 8.42. The van der Waals surface area contributed by atoms with Gasteiger partial charge in [-0.1, -0.05) is 44.2 Å². The van der Waals surface area contributed by atoms with Gasteiger partial charge in [0.05, 0.1) is 28.0 Å². The zero-order chi connectivity index (χ0) is 27.6. The highest BCUT2D eigenvalue weighted by atomic mass is 19.4. The molecule has 0 saturated carbocycles. The minimum absolute atomic E-state index is 0.0987. The monoisotopic (exact) mass is 522 g/mol. The van der Waals surface area contributed by atoms with Crippen molar-refractivity contribution in [1.29, 1.82) is 0 Å². The van der Waals surface area contributed by atoms with Gasteiger partial charge in [-0.25, -0.2) is 4.68 Å². The molecule has 1 aliphatic rings. The molecule has 1 N–H and O–H groups in total. The molecule has 0 spiro atoms. The summed E-state index contributed by atoms with van der Waals surface area (Å²) in [4.78, 5) is 5.32. The highest BCUT2D eigenvalue weighted by Gasteiger charge is 2.52. The maximum atomic E-state index is 13.9. The predicted molar refractivity (Wildman–Crippen MR) is 148 cm³/mol. The molecule has 1 aliphatic heterocycles. The summed E-state index contributed by atoms with van der Waals surface area (Å²) in [5.41, 5.74) is 7.08. The van der Waals surface area contributed by atoms with Gasteiger partial charge in [-0.05, 0) is 70.2 Å². The van der Waals surface area contributed by atoms with Crippen molar-refractivity contribution in [2.75, 3.05) is 6.54 Å². The van der Waals surface area contributed by atoms with Gasteiger partial charge in [0.2, 0.25) is 0 Å². The smallest absolute Gasteiger partial charge is 0.361 e. The molecule has 4 aromatic rings. The number of aromatic amines is 1. The number of H-pyrrole nitrogens is 1. The normalized spacial score (nSPS) is 15.9. The van der Waals surface area contributed by atoms with E-state index >= 15 is 0 Å². The second kappa shape index (κ2) is 9.01. The van der Waals surface area contributed by atoms with Crippen LogP contribution in [0.2, 0.25) is 0 Å². The van der Waals surface area contributed by atoms with Gasteiger partial charge in [0.1, 0.15) is 0 Å². The first kappa shape index (κ1) is 26.5. The van der Waals surface area contributed by atoms with Gasteiger partial charge >= 0.3 is 6.18 Å². The molecule has 0 bridgehead atoms. The van der Waals surface area contributed by atoms with Crippen LogP contribution in [0.3, 0.4) is 0 Å². The Balaban J connectivity index is 1.78. The van der Waals surface area contributed by atoms with Crippen LogP contribution in [-0.4, -0.2) is 32.4 Å². The molecular formula is C31H37F3N4. The third-order valence-electron chi connectivity index (χ3n) is 8.42. The summed E-state index contributed by atoms with van der Waals surface area (Å²) in [5.74, 6) is 0. The van der Waals surface area contributed by atoms with E-state index in [1.54, 1.807) is 0 Å². The molecule has 202 valence electrons. The molecular weight excluding hydrogens is 485 g/mol. The van der Waals surface area contributed by atoms with E-state index in [1.165, 1.54) is 25.0 Å². The van der Waals surface area contributed by atoms with Crippen molar-refractivity contribution in [3.8, 4) is 16.9 Å². The van der Waals surface area contributed by atoms with Crippen molar-refractivity contribution in [3.05, 3.63) is 70.5 Å². The third kappa shape index (κ3) is 3.98. The highest BCUT2D eigenvalue weighted by Crippen LogP contribution is 2.48. The fourth-order valence-corrected chi connectivity index (χ4v) is 5.88. The van der Waals surface area contributed by atoms with Gasteiger partial charge in [0, 0.05) is 41.3 Å². The van der Waals surface area contributed by atoms with E-state index in [4.69, 9.17) is 5.10 Å². The predicted octanol–water partition coefficient (Wildman–Crippen LogP) is 8.09. The number of fused-ring (bicyclic) bond motifs is 2. The van der Waals surface area contributed by atoms with Gasteiger partial charge in [-0.3, -0.25) is 4.90 Å². The molecule has 2 aromatic carbocycles. The second-order valence-corrected chi connectivity index (χ2v) is 11.7. The van der Waals surface area contributed by atoms with E-state index in [1.807, 2.05) is 24.9 Å². The number of aromatic nitrogens is 3. The molecule has 0 amide bonds. The Morgan fingerprint density at radius 3 is 2.26 bits per heavy atom. The second-order valence-electron chi connectivity index (χ2n) is 11.7. The van der Waals surface area contributed by atoms with Crippen LogP contribution < -0.4 is 0 Å². The zero-order valence-electron chi connectivity index (χ0n) is 23.3. The number of aryl methyl sites for hydroxylation is 3. The summed E-state index contributed by atoms with van der Waals surface area (Å²) in [6.45, 7) is 13.3. The summed E-state index contributed by atoms with van der Waals surface area (Å²) >= 11 is 0. The van der Waals surface area contributed by atoms with Crippen molar-refractivity contribution in [2.45, 2.75) is 79.6 Å². The Morgan fingerprint density at radius 1 is 1.00 bits per heavy atom. The van der Waals surface area contributed by atoms with Crippen LogP contribution in [0.15, 0.2) is 42.6 Å². The quantitative estimate of drug-likeness (QED) is 0.278. The molecule has 0 radical (unpaired) electrons.